The van der Waals surface area contributed by atoms with E-state index in [9.17, 15) is 31.2 Å². The molecular weight excluding hydrogens is 499 g/mol. The third kappa shape index (κ3) is 6.40. The Morgan fingerprint density at radius 3 is 2.41 bits per heavy atom. The second-order valence-corrected chi connectivity index (χ2v) is 9.47. The van der Waals surface area contributed by atoms with E-state index in [0.29, 0.717) is 11.3 Å². The average molecular weight is 516 g/mol. The van der Waals surface area contributed by atoms with Gasteiger partial charge in [-0.3, -0.25) is 4.79 Å². The molecule has 0 bridgehead atoms. The van der Waals surface area contributed by atoms with Gasteiger partial charge in [0.2, 0.25) is 0 Å². The van der Waals surface area contributed by atoms with Crippen LogP contribution < -0.4 is 24.8 Å². The van der Waals surface area contributed by atoms with Gasteiger partial charge in [0.25, 0.3) is 15.9 Å². The molecule has 0 aliphatic rings. The maximum atomic E-state index is 12.8. The number of alkyl halides is 3. The van der Waals surface area contributed by atoms with Crippen LogP contribution in [0, 0.1) is 0 Å². The van der Waals surface area contributed by atoms with E-state index in [2.05, 4.69) is 10.1 Å². The standard InChI is InChI=1S/C17H17ClF3N3O6S2/c1-8(23-14(25)10-6-9(18)4-5-11(10)29-3)13-7-12(30-17(19,20)21)15(31-13)32(27,28)24-16(26)22-2/h4-8H,1-3H3,(H,23,25)(H2,22,24,26). The van der Waals surface area contributed by atoms with E-state index < -0.39 is 44.3 Å². The first kappa shape index (κ1) is 25.5. The van der Waals surface area contributed by atoms with Crippen LogP contribution in [0.4, 0.5) is 18.0 Å². The van der Waals surface area contributed by atoms with E-state index in [4.69, 9.17) is 16.3 Å². The first-order chi connectivity index (χ1) is 14.8. The van der Waals surface area contributed by atoms with Crippen LogP contribution in [0.5, 0.6) is 11.5 Å². The fraction of sp³-hybridized carbons (Fsp3) is 0.294. The maximum absolute atomic E-state index is 12.8. The van der Waals surface area contributed by atoms with Gasteiger partial charge in [-0.1, -0.05) is 11.6 Å². The number of carbonyl (C=O) groups excluding carboxylic acids is 2. The summed E-state index contributed by atoms with van der Waals surface area (Å²) in [6.45, 7) is 1.42. The van der Waals surface area contributed by atoms with Crippen molar-refractivity contribution in [2.24, 2.45) is 0 Å². The van der Waals surface area contributed by atoms with Crippen molar-refractivity contribution < 1.29 is 40.7 Å². The molecule has 32 heavy (non-hydrogen) atoms. The number of nitrogens with one attached hydrogen (secondary N) is 3. The number of urea groups is 1. The lowest BCUT2D eigenvalue weighted by molar-refractivity contribution is -0.275. The van der Waals surface area contributed by atoms with Gasteiger partial charge >= 0.3 is 12.4 Å². The largest absolute Gasteiger partial charge is 0.573 e. The molecule has 3 N–H and O–H groups in total. The number of benzene rings is 1. The van der Waals surface area contributed by atoms with Crippen LogP contribution in [-0.2, 0) is 10.0 Å². The van der Waals surface area contributed by atoms with Crippen molar-refractivity contribution in [2.75, 3.05) is 14.2 Å². The van der Waals surface area contributed by atoms with Gasteiger partial charge < -0.3 is 20.1 Å². The number of hydrogen-bond donors (Lipinski definition) is 3. The van der Waals surface area contributed by atoms with Gasteiger partial charge in [0, 0.05) is 16.9 Å². The predicted octanol–water partition coefficient (Wildman–Crippen LogP) is 3.42. The van der Waals surface area contributed by atoms with Crippen LogP contribution in [0.2, 0.25) is 5.02 Å². The molecule has 0 saturated heterocycles. The SMILES string of the molecule is CNC(=O)NS(=O)(=O)c1sc(C(C)NC(=O)c2cc(Cl)ccc2OC)cc1OC(F)(F)F. The maximum Gasteiger partial charge on any atom is 0.573 e. The summed E-state index contributed by atoms with van der Waals surface area (Å²) in [7, 11) is -2.24. The lowest BCUT2D eigenvalue weighted by Crippen LogP contribution is -2.37. The smallest absolute Gasteiger partial charge is 0.496 e. The molecule has 0 radical (unpaired) electrons. The quantitative estimate of drug-likeness (QED) is 0.519. The molecule has 9 nitrogen and oxygen atoms in total. The van der Waals surface area contributed by atoms with Crippen LogP contribution in [0.15, 0.2) is 28.5 Å². The minimum atomic E-state index is -5.20. The number of rotatable bonds is 7. The summed E-state index contributed by atoms with van der Waals surface area (Å²) in [4.78, 5) is 24.0. The number of ether oxygens (including phenoxy) is 2. The van der Waals surface area contributed by atoms with Gasteiger partial charge in [-0.15, -0.1) is 24.5 Å². The molecule has 3 amide bonds. The fourth-order valence-corrected chi connectivity index (χ4v) is 5.04. The van der Waals surface area contributed by atoms with E-state index in [1.807, 2.05) is 5.32 Å². The predicted molar refractivity (Wildman–Crippen MR) is 110 cm³/mol. The summed E-state index contributed by atoms with van der Waals surface area (Å²) in [5, 5.41) is 4.75. The molecule has 0 fully saturated rings. The number of sulfonamides is 1. The van der Waals surface area contributed by atoms with Crippen molar-refractivity contribution in [1.29, 1.82) is 0 Å². The van der Waals surface area contributed by atoms with Crippen molar-refractivity contribution in [2.45, 2.75) is 23.5 Å². The van der Waals surface area contributed by atoms with E-state index in [0.717, 1.165) is 13.1 Å². The zero-order valence-corrected chi connectivity index (χ0v) is 19.1. The molecule has 1 atom stereocenters. The Balaban J connectivity index is 2.39. The Labute approximate surface area is 189 Å². The molecule has 1 aromatic heterocycles. The molecule has 2 rings (SSSR count). The number of amides is 3. The summed E-state index contributed by atoms with van der Waals surface area (Å²) in [6.07, 6.45) is -5.20. The summed E-state index contributed by atoms with van der Waals surface area (Å²) in [5.74, 6) is -1.52. The highest BCUT2D eigenvalue weighted by molar-refractivity contribution is 7.92. The summed E-state index contributed by atoms with van der Waals surface area (Å²) in [6, 6.07) is 2.99. The summed E-state index contributed by atoms with van der Waals surface area (Å²) >= 11 is 6.29. The molecular formula is C17H17ClF3N3O6S2. The lowest BCUT2D eigenvalue weighted by Gasteiger charge is -2.14. The summed E-state index contributed by atoms with van der Waals surface area (Å²) < 4.78 is 72.7. The molecule has 2 aromatic rings. The Hall–Kier alpha value is -2.71. The highest BCUT2D eigenvalue weighted by Gasteiger charge is 2.36. The van der Waals surface area contributed by atoms with Crippen LogP contribution in [0.25, 0.3) is 0 Å². The number of methoxy groups -OCH3 is 1. The molecule has 1 heterocycles. The van der Waals surface area contributed by atoms with Gasteiger partial charge in [0.15, 0.2) is 9.96 Å². The van der Waals surface area contributed by atoms with Crippen LogP contribution in [0.1, 0.15) is 28.2 Å². The van der Waals surface area contributed by atoms with Gasteiger partial charge in [-0.2, -0.15) is 0 Å². The lowest BCUT2D eigenvalue weighted by atomic mass is 10.1. The van der Waals surface area contributed by atoms with E-state index in [1.165, 1.54) is 32.2 Å². The minimum Gasteiger partial charge on any atom is -0.496 e. The molecule has 1 unspecified atom stereocenters. The Morgan fingerprint density at radius 1 is 1.19 bits per heavy atom. The van der Waals surface area contributed by atoms with Gasteiger partial charge in [0.05, 0.1) is 18.7 Å². The number of hydrogen-bond acceptors (Lipinski definition) is 7. The molecule has 15 heteroatoms. The van der Waals surface area contributed by atoms with Gasteiger partial charge in [0.1, 0.15) is 5.75 Å². The van der Waals surface area contributed by atoms with Crippen molar-refractivity contribution in [3.8, 4) is 11.5 Å². The highest BCUT2D eigenvalue weighted by Crippen LogP contribution is 2.39. The molecule has 0 aliphatic carbocycles. The van der Waals surface area contributed by atoms with Crippen molar-refractivity contribution in [1.82, 2.24) is 15.4 Å². The van der Waals surface area contributed by atoms with Crippen LogP contribution in [0.3, 0.4) is 0 Å². The average Bonchev–Trinajstić information content (AvgIpc) is 3.10. The van der Waals surface area contributed by atoms with E-state index >= 15 is 0 Å². The highest BCUT2D eigenvalue weighted by atomic mass is 35.5. The summed E-state index contributed by atoms with van der Waals surface area (Å²) in [5.41, 5.74) is 0.0595. The van der Waals surface area contributed by atoms with Crippen molar-refractivity contribution in [3.63, 3.8) is 0 Å². The molecule has 1 aromatic carbocycles. The molecule has 176 valence electrons. The molecule has 0 saturated carbocycles. The van der Waals surface area contributed by atoms with Crippen LogP contribution >= 0.6 is 22.9 Å². The Kier molecular flexibility index (Phi) is 7.85. The monoisotopic (exact) mass is 515 g/mol. The van der Waals surface area contributed by atoms with E-state index in [1.54, 1.807) is 4.72 Å². The van der Waals surface area contributed by atoms with Crippen molar-refractivity contribution >= 4 is 44.9 Å². The minimum absolute atomic E-state index is 0.0101. The third-order valence-corrected chi connectivity index (χ3v) is 7.17. The molecule has 0 aliphatic heterocycles. The Bertz CT molecular complexity index is 1120. The Morgan fingerprint density at radius 2 is 1.84 bits per heavy atom. The second kappa shape index (κ2) is 9.83. The number of thiophene rings is 1. The van der Waals surface area contributed by atoms with Crippen LogP contribution in [-0.4, -0.2) is 40.9 Å². The normalized spacial score (nSPS) is 12.6. The third-order valence-electron chi connectivity index (χ3n) is 3.79. The zero-order valence-electron chi connectivity index (χ0n) is 16.7. The second-order valence-electron chi connectivity index (χ2n) is 6.07. The number of halogens is 4. The van der Waals surface area contributed by atoms with Gasteiger partial charge in [-0.25, -0.2) is 17.9 Å². The van der Waals surface area contributed by atoms with Crippen molar-refractivity contribution in [3.05, 3.63) is 39.7 Å². The molecule has 0 spiro atoms. The first-order valence-electron chi connectivity index (χ1n) is 8.55. The fourth-order valence-electron chi connectivity index (χ4n) is 2.39. The van der Waals surface area contributed by atoms with E-state index in [-0.39, 0.29) is 21.2 Å². The van der Waals surface area contributed by atoms with Gasteiger partial charge in [-0.05, 0) is 31.2 Å². The first-order valence-corrected chi connectivity index (χ1v) is 11.2. The topological polar surface area (TPSA) is 123 Å². The number of carbonyl (C=O) groups is 2. The zero-order chi connectivity index (χ0) is 24.3.